The molecule has 3 rings (SSSR count). The van der Waals surface area contributed by atoms with E-state index in [2.05, 4.69) is 38.7 Å². The summed E-state index contributed by atoms with van der Waals surface area (Å²) in [7, 11) is 0. The lowest BCUT2D eigenvalue weighted by Gasteiger charge is -2.26. The highest BCUT2D eigenvalue weighted by Gasteiger charge is 2.51. The van der Waals surface area contributed by atoms with Gasteiger partial charge in [-0.2, -0.15) is 0 Å². The van der Waals surface area contributed by atoms with E-state index in [0.29, 0.717) is 6.04 Å². The van der Waals surface area contributed by atoms with E-state index in [-0.39, 0.29) is 23.7 Å². The van der Waals surface area contributed by atoms with Gasteiger partial charge in [-0.3, -0.25) is 4.79 Å². The first-order valence-corrected chi connectivity index (χ1v) is 7.78. The lowest BCUT2D eigenvalue weighted by atomic mass is 9.94. The van der Waals surface area contributed by atoms with Crippen LogP contribution in [0.1, 0.15) is 31.2 Å². The van der Waals surface area contributed by atoms with Crippen LogP contribution < -0.4 is 10.6 Å². The van der Waals surface area contributed by atoms with Crippen LogP contribution in [0, 0.1) is 0 Å². The first-order chi connectivity index (χ1) is 9.21. The molecule has 1 amide bonds. The third kappa shape index (κ3) is 3.18. The quantitative estimate of drug-likeness (QED) is 0.871. The minimum Gasteiger partial charge on any atom is -0.353 e. The number of amides is 1. The fourth-order valence-electron chi connectivity index (χ4n) is 2.83. The summed E-state index contributed by atoms with van der Waals surface area (Å²) >= 11 is 3.44. The van der Waals surface area contributed by atoms with E-state index in [1.54, 1.807) is 0 Å². The molecule has 1 heterocycles. The zero-order chi connectivity index (χ0) is 13.3. The van der Waals surface area contributed by atoms with E-state index < -0.39 is 0 Å². The average Bonchev–Trinajstić information content (AvgIpc) is 3.22. The second-order valence-corrected chi connectivity index (χ2v) is 6.50. The Morgan fingerprint density at radius 1 is 1.20 bits per heavy atom. The van der Waals surface area contributed by atoms with E-state index >= 15 is 0 Å². The summed E-state index contributed by atoms with van der Waals surface area (Å²) in [5.41, 5.74) is 0.910. The fraction of sp³-hybridized carbons (Fsp3) is 0.533. The highest BCUT2D eigenvalue weighted by atomic mass is 79.9. The molecule has 5 heteroatoms. The van der Waals surface area contributed by atoms with Crippen LogP contribution in [-0.4, -0.2) is 25.0 Å². The van der Waals surface area contributed by atoms with Gasteiger partial charge < -0.3 is 10.6 Å². The van der Waals surface area contributed by atoms with Crippen LogP contribution in [-0.2, 0) is 10.2 Å². The van der Waals surface area contributed by atoms with Crippen molar-refractivity contribution in [2.24, 2.45) is 0 Å². The average molecular weight is 360 g/mol. The topological polar surface area (TPSA) is 41.1 Å². The Morgan fingerprint density at radius 2 is 1.80 bits per heavy atom. The van der Waals surface area contributed by atoms with Gasteiger partial charge in [-0.1, -0.05) is 28.1 Å². The molecule has 0 aromatic heterocycles. The number of rotatable bonds is 3. The summed E-state index contributed by atoms with van der Waals surface area (Å²) in [5, 5.41) is 6.57. The molecule has 2 aliphatic rings. The van der Waals surface area contributed by atoms with Gasteiger partial charge >= 0.3 is 0 Å². The normalized spacial score (nSPS) is 20.9. The Balaban J connectivity index is 0.00000147. The SMILES string of the molecule is Cl.O=C(NC1CCNCC1)C1(c2ccc(Br)cc2)CC1. The van der Waals surface area contributed by atoms with Crippen molar-refractivity contribution in [2.45, 2.75) is 37.1 Å². The Labute approximate surface area is 134 Å². The molecule has 2 fully saturated rings. The lowest BCUT2D eigenvalue weighted by molar-refractivity contribution is -0.124. The van der Waals surface area contributed by atoms with Crippen molar-refractivity contribution in [3.05, 3.63) is 34.3 Å². The van der Waals surface area contributed by atoms with Gasteiger partial charge in [-0.15, -0.1) is 12.4 Å². The summed E-state index contributed by atoms with van der Waals surface area (Å²) in [6.07, 6.45) is 4.04. The Bertz CT molecular complexity index is 467. The third-order valence-corrected chi connectivity index (χ3v) is 4.78. The molecule has 1 aliphatic carbocycles. The van der Waals surface area contributed by atoms with Gasteiger partial charge in [0.15, 0.2) is 0 Å². The number of carbonyl (C=O) groups excluding carboxylic acids is 1. The maximum atomic E-state index is 12.5. The Kier molecular flexibility index (Phi) is 5.10. The van der Waals surface area contributed by atoms with E-state index in [1.165, 1.54) is 0 Å². The molecule has 110 valence electrons. The molecule has 1 saturated heterocycles. The van der Waals surface area contributed by atoms with Gasteiger partial charge in [0.05, 0.1) is 5.41 Å². The van der Waals surface area contributed by atoms with Crippen LogP contribution in [0.15, 0.2) is 28.7 Å². The predicted octanol–water partition coefficient (Wildman–Crippen LogP) is 2.77. The Hall–Kier alpha value is -0.580. The molecule has 0 spiro atoms. The summed E-state index contributed by atoms with van der Waals surface area (Å²) in [6.45, 7) is 2.02. The Morgan fingerprint density at radius 3 is 2.35 bits per heavy atom. The zero-order valence-corrected chi connectivity index (χ0v) is 13.7. The smallest absolute Gasteiger partial charge is 0.230 e. The highest BCUT2D eigenvalue weighted by Crippen LogP contribution is 2.48. The lowest BCUT2D eigenvalue weighted by Crippen LogP contribution is -2.46. The number of benzene rings is 1. The first kappa shape index (κ1) is 15.8. The van der Waals surface area contributed by atoms with Crippen molar-refractivity contribution in [3.63, 3.8) is 0 Å². The highest BCUT2D eigenvalue weighted by molar-refractivity contribution is 9.10. The van der Waals surface area contributed by atoms with Crippen molar-refractivity contribution in [2.75, 3.05) is 13.1 Å². The summed E-state index contributed by atoms with van der Waals surface area (Å²) in [4.78, 5) is 12.5. The minimum absolute atomic E-state index is 0. The second-order valence-electron chi connectivity index (χ2n) is 5.59. The number of carbonyl (C=O) groups is 1. The van der Waals surface area contributed by atoms with Crippen LogP contribution in [0.2, 0.25) is 0 Å². The van der Waals surface area contributed by atoms with Crippen molar-refractivity contribution < 1.29 is 4.79 Å². The van der Waals surface area contributed by atoms with Gasteiger partial charge in [-0.25, -0.2) is 0 Å². The molecule has 20 heavy (non-hydrogen) atoms. The van der Waals surface area contributed by atoms with Gasteiger partial charge in [0.2, 0.25) is 5.91 Å². The summed E-state index contributed by atoms with van der Waals surface area (Å²) in [6, 6.07) is 8.53. The zero-order valence-electron chi connectivity index (χ0n) is 11.3. The van der Waals surface area contributed by atoms with Gasteiger partial charge in [0, 0.05) is 10.5 Å². The predicted molar refractivity (Wildman–Crippen MR) is 86.3 cm³/mol. The molecule has 1 aliphatic heterocycles. The number of nitrogens with one attached hydrogen (secondary N) is 2. The summed E-state index contributed by atoms with van der Waals surface area (Å²) < 4.78 is 1.06. The van der Waals surface area contributed by atoms with Gasteiger partial charge in [-0.05, 0) is 56.5 Å². The molecule has 3 nitrogen and oxygen atoms in total. The van der Waals surface area contributed by atoms with Gasteiger partial charge in [0.1, 0.15) is 0 Å². The van der Waals surface area contributed by atoms with Crippen molar-refractivity contribution in [1.82, 2.24) is 10.6 Å². The number of piperidine rings is 1. The van der Waals surface area contributed by atoms with E-state index in [0.717, 1.165) is 48.8 Å². The van der Waals surface area contributed by atoms with Gasteiger partial charge in [0.25, 0.3) is 0 Å². The van der Waals surface area contributed by atoms with Crippen LogP contribution in [0.5, 0.6) is 0 Å². The van der Waals surface area contributed by atoms with E-state index in [1.807, 2.05) is 12.1 Å². The molecular formula is C15H20BrClN2O. The molecule has 1 saturated carbocycles. The summed E-state index contributed by atoms with van der Waals surface area (Å²) in [5.74, 6) is 0.224. The molecule has 0 unspecified atom stereocenters. The largest absolute Gasteiger partial charge is 0.353 e. The van der Waals surface area contributed by atoms with Crippen LogP contribution in [0.25, 0.3) is 0 Å². The number of halogens is 2. The molecule has 0 atom stereocenters. The molecule has 2 N–H and O–H groups in total. The fourth-order valence-corrected chi connectivity index (χ4v) is 3.09. The molecule has 0 bridgehead atoms. The maximum Gasteiger partial charge on any atom is 0.230 e. The second kappa shape index (κ2) is 6.46. The van der Waals surface area contributed by atoms with E-state index in [9.17, 15) is 4.79 Å². The maximum absolute atomic E-state index is 12.5. The first-order valence-electron chi connectivity index (χ1n) is 6.98. The minimum atomic E-state index is -0.244. The van der Waals surface area contributed by atoms with Crippen molar-refractivity contribution >= 4 is 34.2 Å². The standard InChI is InChI=1S/C15H19BrN2O.ClH/c16-12-3-1-11(2-4-12)15(7-8-15)14(19)18-13-5-9-17-10-6-13;/h1-4,13,17H,5-10H2,(H,18,19);1H. The van der Waals surface area contributed by atoms with Crippen molar-refractivity contribution in [1.29, 1.82) is 0 Å². The molecule has 0 radical (unpaired) electrons. The molecule has 1 aromatic carbocycles. The van der Waals surface area contributed by atoms with Crippen LogP contribution >= 0.6 is 28.3 Å². The number of hydrogen-bond donors (Lipinski definition) is 2. The molecule has 1 aromatic rings. The van der Waals surface area contributed by atoms with E-state index in [4.69, 9.17) is 0 Å². The van der Waals surface area contributed by atoms with Crippen molar-refractivity contribution in [3.8, 4) is 0 Å². The monoisotopic (exact) mass is 358 g/mol. The third-order valence-electron chi connectivity index (χ3n) is 4.26. The molecular weight excluding hydrogens is 340 g/mol. The number of hydrogen-bond acceptors (Lipinski definition) is 2. The van der Waals surface area contributed by atoms with Crippen LogP contribution in [0.4, 0.5) is 0 Å². The van der Waals surface area contributed by atoms with Crippen LogP contribution in [0.3, 0.4) is 0 Å².